The number of hydrogen-bond donors (Lipinski definition) is 0. The molecule has 0 aliphatic carbocycles. The van der Waals surface area contributed by atoms with Crippen LogP contribution in [0.25, 0.3) is 0 Å². The van der Waals surface area contributed by atoms with Gasteiger partial charge < -0.3 is 9.64 Å². The predicted octanol–water partition coefficient (Wildman–Crippen LogP) is 4.79. The van der Waals surface area contributed by atoms with Crippen LogP contribution in [0.5, 0.6) is 5.75 Å². The SMILES string of the molecule is COc1c(Cl)cccc1N1CCN(CCCSc2ccc(F)cc2)CC1. The van der Waals surface area contributed by atoms with Crippen LogP contribution in [0.2, 0.25) is 5.02 Å². The van der Waals surface area contributed by atoms with Crippen molar-refractivity contribution in [1.82, 2.24) is 4.90 Å². The Labute approximate surface area is 164 Å². The van der Waals surface area contributed by atoms with Crippen molar-refractivity contribution < 1.29 is 9.13 Å². The van der Waals surface area contributed by atoms with E-state index in [1.807, 2.05) is 24.3 Å². The van der Waals surface area contributed by atoms with Gasteiger partial charge in [-0.1, -0.05) is 17.7 Å². The van der Waals surface area contributed by atoms with Crippen LogP contribution in [-0.4, -0.2) is 50.5 Å². The molecule has 3 nitrogen and oxygen atoms in total. The van der Waals surface area contributed by atoms with Gasteiger partial charge in [0.25, 0.3) is 0 Å². The first-order valence-electron chi connectivity index (χ1n) is 8.85. The summed E-state index contributed by atoms with van der Waals surface area (Å²) in [7, 11) is 1.67. The number of methoxy groups -OCH3 is 1. The number of anilines is 1. The van der Waals surface area contributed by atoms with Crippen LogP contribution in [0.15, 0.2) is 47.4 Å². The van der Waals surface area contributed by atoms with Gasteiger partial charge in [0.15, 0.2) is 5.75 Å². The molecule has 0 unspecified atom stereocenters. The fourth-order valence-electron chi connectivity index (χ4n) is 3.17. The Morgan fingerprint density at radius 2 is 1.81 bits per heavy atom. The van der Waals surface area contributed by atoms with E-state index in [4.69, 9.17) is 16.3 Å². The second kappa shape index (κ2) is 9.49. The van der Waals surface area contributed by atoms with Crippen molar-refractivity contribution in [2.45, 2.75) is 11.3 Å². The van der Waals surface area contributed by atoms with Gasteiger partial charge in [0.2, 0.25) is 0 Å². The van der Waals surface area contributed by atoms with Crippen LogP contribution in [0.4, 0.5) is 10.1 Å². The molecule has 0 radical (unpaired) electrons. The fourth-order valence-corrected chi connectivity index (χ4v) is 4.25. The lowest BCUT2D eigenvalue weighted by molar-refractivity contribution is 0.258. The number of para-hydroxylation sites is 1. The van der Waals surface area contributed by atoms with Crippen LogP contribution in [0.3, 0.4) is 0 Å². The molecule has 1 saturated heterocycles. The van der Waals surface area contributed by atoms with Gasteiger partial charge in [-0.3, -0.25) is 4.90 Å². The van der Waals surface area contributed by atoms with Gasteiger partial charge in [-0.05, 0) is 55.1 Å². The lowest BCUT2D eigenvalue weighted by Gasteiger charge is -2.36. The summed E-state index contributed by atoms with van der Waals surface area (Å²) in [5, 5.41) is 0.658. The Bertz CT molecular complexity index is 705. The summed E-state index contributed by atoms with van der Waals surface area (Å²) in [6.45, 7) is 5.12. The van der Waals surface area contributed by atoms with Crippen LogP contribution in [0, 0.1) is 5.82 Å². The molecule has 1 heterocycles. The lowest BCUT2D eigenvalue weighted by Crippen LogP contribution is -2.46. The number of rotatable bonds is 7. The molecule has 1 fully saturated rings. The van der Waals surface area contributed by atoms with Crippen molar-refractivity contribution in [1.29, 1.82) is 0 Å². The molecule has 1 aliphatic heterocycles. The van der Waals surface area contributed by atoms with Crippen molar-refractivity contribution in [2.24, 2.45) is 0 Å². The molecule has 0 saturated carbocycles. The van der Waals surface area contributed by atoms with Crippen molar-refractivity contribution >= 4 is 29.1 Å². The maximum atomic E-state index is 12.9. The van der Waals surface area contributed by atoms with Crippen LogP contribution in [-0.2, 0) is 0 Å². The number of benzene rings is 2. The van der Waals surface area contributed by atoms with Crippen molar-refractivity contribution in [2.75, 3.05) is 50.5 Å². The summed E-state index contributed by atoms with van der Waals surface area (Å²) in [6.07, 6.45) is 1.13. The maximum Gasteiger partial charge on any atom is 0.160 e. The molecule has 140 valence electrons. The third-order valence-electron chi connectivity index (χ3n) is 4.56. The Kier molecular flexibility index (Phi) is 7.06. The Morgan fingerprint density at radius 1 is 1.08 bits per heavy atom. The topological polar surface area (TPSA) is 15.7 Å². The summed E-state index contributed by atoms with van der Waals surface area (Å²) in [4.78, 5) is 5.97. The van der Waals surface area contributed by atoms with Gasteiger partial charge >= 0.3 is 0 Å². The molecule has 0 N–H and O–H groups in total. The van der Waals surface area contributed by atoms with Crippen molar-refractivity contribution in [3.05, 3.63) is 53.3 Å². The number of hydrogen-bond acceptors (Lipinski definition) is 4. The lowest BCUT2D eigenvalue weighted by atomic mass is 10.2. The summed E-state index contributed by atoms with van der Waals surface area (Å²) in [5.74, 6) is 1.63. The number of halogens is 2. The van der Waals surface area contributed by atoms with E-state index in [2.05, 4.69) is 15.9 Å². The highest BCUT2D eigenvalue weighted by Gasteiger charge is 2.20. The first-order chi connectivity index (χ1) is 12.7. The second-order valence-electron chi connectivity index (χ2n) is 6.28. The Morgan fingerprint density at radius 3 is 2.50 bits per heavy atom. The number of thioether (sulfide) groups is 1. The zero-order chi connectivity index (χ0) is 18.4. The minimum Gasteiger partial charge on any atom is -0.493 e. The number of ether oxygens (including phenoxy) is 1. The normalized spacial score (nSPS) is 15.3. The molecule has 0 atom stereocenters. The molecule has 0 amide bonds. The van der Waals surface area contributed by atoms with Gasteiger partial charge in [0, 0.05) is 31.1 Å². The molecule has 26 heavy (non-hydrogen) atoms. The zero-order valence-electron chi connectivity index (χ0n) is 15.0. The maximum absolute atomic E-state index is 12.9. The third-order valence-corrected chi connectivity index (χ3v) is 5.96. The summed E-state index contributed by atoms with van der Waals surface area (Å²) >= 11 is 8.02. The minimum absolute atomic E-state index is 0.177. The quantitative estimate of drug-likeness (QED) is 0.495. The van der Waals surface area contributed by atoms with Gasteiger partial charge in [-0.2, -0.15) is 0 Å². The van der Waals surface area contributed by atoms with Crippen LogP contribution in [0.1, 0.15) is 6.42 Å². The largest absolute Gasteiger partial charge is 0.493 e. The molecular formula is C20H24ClFN2OS. The molecule has 0 aromatic heterocycles. The molecule has 0 spiro atoms. The first kappa shape index (κ1) is 19.3. The van der Waals surface area contributed by atoms with Gasteiger partial charge in [0.05, 0.1) is 17.8 Å². The van der Waals surface area contributed by atoms with Crippen molar-refractivity contribution in [3.63, 3.8) is 0 Å². The standard InChI is InChI=1S/C20H24ClFN2OS/c1-25-20-18(21)4-2-5-19(20)24-13-11-23(12-14-24)10-3-15-26-17-8-6-16(22)7-9-17/h2,4-9H,3,10-15H2,1H3. The van der Waals surface area contributed by atoms with Crippen molar-refractivity contribution in [3.8, 4) is 5.75 Å². The average molecular weight is 395 g/mol. The van der Waals surface area contributed by atoms with Gasteiger partial charge in [-0.15, -0.1) is 11.8 Å². The van der Waals surface area contributed by atoms with E-state index in [0.717, 1.165) is 61.2 Å². The summed E-state index contributed by atoms with van der Waals surface area (Å²) < 4.78 is 18.4. The highest BCUT2D eigenvalue weighted by Crippen LogP contribution is 2.35. The monoisotopic (exact) mass is 394 g/mol. The van der Waals surface area contributed by atoms with E-state index < -0.39 is 0 Å². The minimum atomic E-state index is -0.177. The van der Waals surface area contributed by atoms with Crippen LogP contribution < -0.4 is 9.64 Å². The zero-order valence-corrected chi connectivity index (χ0v) is 16.5. The Hall–Kier alpha value is -1.43. The van der Waals surface area contributed by atoms with E-state index in [0.29, 0.717) is 5.02 Å². The summed E-state index contributed by atoms with van der Waals surface area (Å²) in [6, 6.07) is 12.6. The first-order valence-corrected chi connectivity index (χ1v) is 10.2. The predicted molar refractivity (Wildman–Crippen MR) is 108 cm³/mol. The molecular weight excluding hydrogens is 371 g/mol. The molecule has 1 aliphatic rings. The molecule has 0 bridgehead atoms. The molecule has 3 rings (SSSR count). The molecule has 6 heteroatoms. The van der Waals surface area contributed by atoms with Gasteiger partial charge in [-0.25, -0.2) is 4.39 Å². The number of piperazine rings is 1. The van der Waals surface area contributed by atoms with E-state index in [1.165, 1.54) is 12.1 Å². The summed E-state index contributed by atoms with van der Waals surface area (Å²) in [5.41, 5.74) is 1.08. The van der Waals surface area contributed by atoms with E-state index in [1.54, 1.807) is 18.9 Å². The smallest absolute Gasteiger partial charge is 0.160 e. The molecule has 2 aromatic carbocycles. The average Bonchev–Trinajstić information content (AvgIpc) is 2.67. The van der Waals surface area contributed by atoms with E-state index in [-0.39, 0.29) is 5.82 Å². The Balaban J connectivity index is 1.41. The second-order valence-corrected chi connectivity index (χ2v) is 7.85. The van der Waals surface area contributed by atoms with Gasteiger partial charge in [0.1, 0.15) is 5.82 Å². The molecule has 2 aromatic rings. The third kappa shape index (κ3) is 5.06. The van der Waals surface area contributed by atoms with Crippen LogP contribution >= 0.6 is 23.4 Å². The fraction of sp³-hybridized carbons (Fsp3) is 0.400. The van der Waals surface area contributed by atoms with E-state index in [9.17, 15) is 4.39 Å². The highest BCUT2D eigenvalue weighted by molar-refractivity contribution is 7.99. The number of nitrogens with zero attached hydrogens (tertiary/aromatic N) is 2. The van der Waals surface area contributed by atoms with E-state index >= 15 is 0 Å². The highest BCUT2D eigenvalue weighted by atomic mass is 35.5.